The third kappa shape index (κ3) is 16.3. The van der Waals surface area contributed by atoms with Crippen molar-refractivity contribution < 1.29 is 57.9 Å². The number of carbonyl (C=O) groups excluding carboxylic acids is 3. The van der Waals surface area contributed by atoms with Crippen molar-refractivity contribution in [2.24, 2.45) is 0 Å². The van der Waals surface area contributed by atoms with E-state index in [1.165, 1.54) is 0 Å². The van der Waals surface area contributed by atoms with Crippen LogP contribution in [0.2, 0.25) is 0 Å². The number of methoxy groups -OCH3 is 2. The molecule has 0 fully saturated rings. The number of hydrogen-bond donors (Lipinski definition) is 4. The van der Waals surface area contributed by atoms with Gasteiger partial charge in [0.15, 0.2) is 0 Å². The lowest BCUT2D eigenvalue weighted by atomic mass is 10.0. The average molecular weight is 662 g/mol. The third-order valence-electron chi connectivity index (χ3n) is 7.38. The summed E-state index contributed by atoms with van der Waals surface area (Å²) in [6.07, 6.45) is 0.261. The second-order valence-electron chi connectivity index (χ2n) is 13.2. The van der Waals surface area contributed by atoms with E-state index in [-0.39, 0.29) is 24.4 Å². The molecule has 0 radical (unpaired) electrons. The molecule has 0 bridgehead atoms. The molecule has 0 spiro atoms. The molecule has 1 aromatic rings. The summed E-state index contributed by atoms with van der Waals surface area (Å²) in [4.78, 5) is 42.9. The molecule has 15 heteroatoms. The van der Waals surface area contributed by atoms with E-state index in [4.69, 9.17) is 33.3 Å². The highest BCUT2D eigenvalue weighted by molar-refractivity contribution is 5.82. The van der Waals surface area contributed by atoms with Crippen LogP contribution in [0.5, 0.6) is 11.8 Å². The highest BCUT2D eigenvalue weighted by Crippen LogP contribution is 2.21. The van der Waals surface area contributed by atoms with Crippen LogP contribution in [0.15, 0.2) is 12.1 Å². The average Bonchev–Trinajstić information content (AvgIpc) is 3.26. The van der Waals surface area contributed by atoms with E-state index in [1.807, 2.05) is 55.4 Å². The van der Waals surface area contributed by atoms with E-state index in [9.17, 15) is 24.6 Å². The number of ether oxygens (including phenoxy) is 6. The molecule has 266 valence electrons. The largest absolute Gasteiger partial charge is 0.492 e. The molecule has 46 heavy (non-hydrogen) atoms. The van der Waals surface area contributed by atoms with Gasteiger partial charge in [0, 0.05) is 39.2 Å². The Balaban J connectivity index is 2.68. The van der Waals surface area contributed by atoms with Crippen molar-refractivity contribution in [3.8, 4) is 11.8 Å². The normalized spacial score (nSPS) is 13.2. The Hall–Kier alpha value is -3.27. The number of hydrogen-bond acceptors (Lipinski definition) is 12. The van der Waals surface area contributed by atoms with Gasteiger partial charge in [-0.1, -0.05) is 0 Å². The fraction of sp³-hybridized carbons (Fsp3) is 0.774. The maximum atomic E-state index is 12.9. The Bertz CT molecular complexity index is 1080. The summed E-state index contributed by atoms with van der Waals surface area (Å²) in [6, 6.07) is 0.711. The van der Waals surface area contributed by atoms with Gasteiger partial charge in [0.2, 0.25) is 11.8 Å². The molecule has 1 aromatic heterocycles. The van der Waals surface area contributed by atoms with E-state index in [2.05, 4.69) is 10.6 Å². The maximum absolute atomic E-state index is 12.9. The quantitative estimate of drug-likeness (QED) is 0.150. The zero-order valence-corrected chi connectivity index (χ0v) is 29.0. The van der Waals surface area contributed by atoms with Crippen LogP contribution in [-0.2, 0) is 33.2 Å². The predicted octanol–water partition coefficient (Wildman–Crippen LogP) is 3.68. The van der Waals surface area contributed by atoms with Crippen LogP contribution in [0.4, 0.5) is 9.59 Å². The molecule has 15 nitrogen and oxygen atoms in total. The smallest absolute Gasteiger partial charge is 0.407 e. The molecule has 0 saturated heterocycles. The lowest BCUT2D eigenvalue weighted by Gasteiger charge is -2.29. The standard InChI is InChI=1S/C31H55N3O12/c1-28(2,40-9)15-19-44-30(5,6)13-17-42-26(38)32-21-22(25(37)46-34-23(35)11-12-24(34)36)33-27(39)43-18-14-31(7,8)45-20-16-29(3,4)41-10/h11-12,22,35-36H,13-21H2,1-10H3,(H,32,38)(H,33,39). The second-order valence-corrected chi connectivity index (χ2v) is 13.2. The predicted molar refractivity (Wildman–Crippen MR) is 168 cm³/mol. The Labute approximate surface area is 272 Å². The van der Waals surface area contributed by atoms with Crippen molar-refractivity contribution in [1.29, 1.82) is 0 Å². The first kappa shape index (κ1) is 40.8. The van der Waals surface area contributed by atoms with E-state index >= 15 is 0 Å². The summed E-state index contributed by atoms with van der Waals surface area (Å²) in [5.41, 5.74) is -1.85. The minimum absolute atomic E-state index is 0.0169. The summed E-state index contributed by atoms with van der Waals surface area (Å²) in [5.74, 6) is -2.24. The molecule has 4 N–H and O–H groups in total. The number of carbonyl (C=O) groups is 3. The second kappa shape index (κ2) is 18.2. The van der Waals surface area contributed by atoms with Gasteiger partial charge in [-0.15, -0.1) is 4.73 Å². The molecule has 1 heterocycles. The van der Waals surface area contributed by atoms with Crippen LogP contribution in [-0.4, -0.2) is 109 Å². The minimum Gasteiger partial charge on any atom is -0.492 e. The number of nitrogens with zero attached hydrogens (tertiary/aromatic N) is 1. The third-order valence-corrected chi connectivity index (χ3v) is 7.38. The minimum atomic E-state index is -1.48. The molecule has 1 rings (SSSR count). The number of alkyl carbamates (subject to hydrolysis) is 2. The highest BCUT2D eigenvalue weighted by atomic mass is 16.7. The molecule has 0 aliphatic heterocycles. The summed E-state index contributed by atoms with van der Waals surface area (Å²) in [7, 11) is 3.27. The topological polar surface area (TPSA) is 185 Å². The van der Waals surface area contributed by atoms with Gasteiger partial charge in [-0.3, -0.25) is 0 Å². The van der Waals surface area contributed by atoms with Gasteiger partial charge >= 0.3 is 18.2 Å². The van der Waals surface area contributed by atoms with Gasteiger partial charge < -0.3 is 54.1 Å². The lowest BCUT2D eigenvalue weighted by Crippen LogP contribution is -2.51. The molecule has 0 aliphatic carbocycles. The number of aromatic hydroxyl groups is 2. The number of rotatable bonds is 21. The molecule has 0 aromatic carbocycles. The molecule has 1 unspecified atom stereocenters. The number of amides is 2. The SMILES string of the molecule is COC(C)(C)CCOC(C)(C)CCOC(=O)NCC(NC(=O)OCCC(C)(C)OCCC(C)(C)OC)C(=O)On1c(O)ccc1O. The summed E-state index contributed by atoms with van der Waals surface area (Å²) >= 11 is 0. The van der Waals surface area contributed by atoms with Crippen molar-refractivity contribution in [3.05, 3.63) is 12.1 Å². The van der Waals surface area contributed by atoms with E-state index in [0.29, 0.717) is 43.6 Å². The van der Waals surface area contributed by atoms with Crippen LogP contribution < -0.4 is 15.5 Å². The Morgan fingerprint density at radius 1 is 0.696 bits per heavy atom. The Morgan fingerprint density at radius 2 is 1.11 bits per heavy atom. The van der Waals surface area contributed by atoms with Gasteiger partial charge in [-0.2, -0.15) is 0 Å². The highest BCUT2D eigenvalue weighted by Gasteiger charge is 2.28. The van der Waals surface area contributed by atoms with Crippen LogP contribution in [0.1, 0.15) is 81.1 Å². The van der Waals surface area contributed by atoms with Crippen molar-refractivity contribution in [2.45, 2.75) is 110 Å². The van der Waals surface area contributed by atoms with Gasteiger partial charge in [0.25, 0.3) is 0 Å². The fourth-order valence-electron chi connectivity index (χ4n) is 3.54. The van der Waals surface area contributed by atoms with Crippen LogP contribution in [0.25, 0.3) is 0 Å². The maximum Gasteiger partial charge on any atom is 0.407 e. The zero-order valence-electron chi connectivity index (χ0n) is 29.0. The molecule has 1 atom stereocenters. The van der Waals surface area contributed by atoms with Crippen molar-refractivity contribution in [3.63, 3.8) is 0 Å². The first-order valence-electron chi connectivity index (χ1n) is 15.3. The molecular formula is C31H55N3O12. The van der Waals surface area contributed by atoms with Crippen molar-refractivity contribution in [1.82, 2.24) is 15.4 Å². The fourth-order valence-corrected chi connectivity index (χ4v) is 3.54. The van der Waals surface area contributed by atoms with Gasteiger partial charge in [0.05, 0.1) is 55.4 Å². The van der Waals surface area contributed by atoms with Crippen LogP contribution in [0, 0.1) is 0 Å². The van der Waals surface area contributed by atoms with Crippen LogP contribution in [0.3, 0.4) is 0 Å². The number of aromatic nitrogens is 1. The molecule has 0 aliphatic rings. The Kier molecular flexibility index (Phi) is 16.1. The van der Waals surface area contributed by atoms with Gasteiger partial charge in [-0.25, -0.2) is 14.4 Å². The molecule has 2 amide bonds. The van der Waals surface area contributed by atoms with Crippen molar-refractivity contribution in [2.75, 3.05) is 47.2 Å². The van der Waals surface area contributed by atoms with Crippen LogP contribution >= 0.6 is 0 Å². The van der Waals surface area contributed by atoms with E-state index in [0.717, 1.165) is 12.1 Å². The van der Waals surface area contributed by atoms with Crippen molar-refractivity contribution >= 4 is 18.2 Å². The number of nitrogens with one attached hydrogen (secondary N) is 2. The molecule has 0 saturated carbocycles. The monoisotopic (exact) mass is 661 g/mol. The zero-order chi connectivity index (χ0) is 35.2. The molecular weight excluding hydrogens is 606 g/mol. The summed E-state index contributed by atoms with van der Waals surface area (Å²) in [6.45, 7) is 15.7. The lowest BCUT2D eigenvalue weighted by molar-refractivity contribution is -0.147. The first-order chi connectivity index (χ1) is 21.2. The van der Waals surface area contributed by atoms with E-state index in [1.54, 1.807) is 14.2 Å². The summed E-state index contributed by atoms with van der Waals surface area (Å²) < 4.78 is 33.5. The Morgan fingerprint density at radius 3 is 1.54 bits per heavy atom. The van der Waals surface area contributed by atoms with Gasteiger partial charge in [-0.05, 0) is 68.2 Å². The van der Waals surface area contributed by atoms with E-state index < -0.39 is 53.7 Å². The summed E-state index contributed by atoms with van der Waals surface area (Å²) in [5, 5.41) is 24.4. The van der Waals surface area contributed by atoms with Gasteiger partial charge in [0.1, 0.15) is 6.04 Å². The first-order valence-corrected chi connectivity index (χ1v) is 15.3.